The lowest BCUT2D eigenvalue weighted by atomic mass is 9.93. The average molecular weight is 738 g/mol. The van der Waals surface area contributed by atoms with Gasteiger partial charge in [0.15, 0.2) is 0 Å². The zero-order chi connectivity index (χ0) is 37.0. The van der Waals surface area contributed by atoms with Crippen LogP contribution in [0, 0.1) is 17.2 Å². The van der Waals surface area contributed by atoms with E-state index in [1.54, 1.807) is 21.9 Å². The average Bonchev–Trinajstić information content (AvgIpc) is 3.58. The van der Waals surface area contributed by atoms with Crippen molar-refractivity contribution in [2.45, 2.75) is 57.2 Å². The molecule has 2 saturated heterocycles. The normalized spacial score (nSPS) is 16.7. The number of anilines is 2. The number of carbonyl (C=O) groups excluding carboxylic acids is 3. The topological polar surface area (TPSA) is 210 Å². The first-order valence-electron chi connectivity index (χ1n) is 16.7. The molecule has 0 saturated carbocycles. The van der Waals surface area contributed by atoms with Gasteiger partial charge < -0.3 is 31.1 Å². The third kappa shape index (κ3) is 12.5. The molecule has 1 aromatic carbocycles. The largest absolute Gasteiger partial charge is 0.451 e. The Bertz CT molecular complexity index is 1660. The molecule has 1 aromatic heterocycles. The minimum atomic E-state index is -4.79. The van der Waals surface area contributed by atoms with Crippen LogP contribution in [0.4, 0.5) is 29.6 Å². The number of benzene rings is 1. The molecule has 2 aliphatic heterocycles. The van der Waals surface area contributed by atoms with Gasteiger partial charge in [-0.05, 0) is 62.1 Å². The maximum Gasteiger partial charge on any atom is 0.451 e. The second kappa shape index (κ2) is 18.0. The summed E-state index contributed by atoms with van der Waals surface area (Å²) in [7, 11) is -4.18. The molecule has 5 N–H and O–H groups in total. The number of hydrogen-bond donors (Lipinski definition) is 5. The van der Waals surface area contributed by atoms with Crippen LogP contribution in [0.2, 0.25) is 0 Å². The summed E-state index contributed by atoms with van der Waals surface area (Å²) in [6.45, 7) is 1.70. The highest BCUT2D eigenvalue weighted by atomic mass is 32.2. The van der Waals surface area contributed by atoms with Crippen LogP contribution in [0.15, 0.2) is 30.3 Å². The third-order valence-corrected chi connectivity index (χ3v) is 9.41. The molecule has 19 heteroatoms. The van der Waals surface area contributed by atoms with Gasteiger partial charge in [-0.3, -0.25) is 14.1 Å². The Morgan fingerprint density at radius 1 is 0.922 bits per heavy atom. The zero-order valence-electron chi connectivity index (χ0n) is 27.9. The molecule has 3 heterocycles. The Morgan fingerprint density at radius 2 is 1.61 bits per heavy atom. The molecule has 51 heavy (non-hydrogen) atoms. The van der Waals surface area contributed by atoms with Gasteiger partial charge in [0.05, 0.1) is 17.4 Å². The van der Waals surface area contributed by atoms with Crippen molar-refractivity contribution >= 4 is 39.6 Å². The summed E-state index contributed by atoms with van der Waals surface area (Å²) in [6, 6.07) is 9.42. The fraction of sp³-hybridized carbons (Fsp3) is 0.562. The van der Waals surface area contributed by atoms with Crippen molar-refractivity contribution in [2.24, 2.45) is 5.92 Å². The lowest BCUT2D eigenvalue weighted by Gasteiger charge is -2.34. The molecule has 0 radical (unpaired) electrons. The second-order valence-electron chi connectivity index (χ2n) is 12.4. The zero-order valence-corrected chi connectivity index (χ0v) is 28.7. The standard InChI is InChI=1S/C32H42F3N9O6S/c33-32(34,35)30-41-26(20-27(42-30)44-16-1-2-25(44)29(46)38-12-7-22-3-5-24(21-36)6-4-22)43-17-10-23(11-18-43)8-13-39-31(47)40-14-9-28(45)37-15-19-51(48,49)50/h3-6,20,23,25H,1-2,7-19H2,(H,37,45)(H,38,46)(H2,39,40,47)(H,48,49,50). The van der Waals surface area contributed by atoms with Gasteiger partial charge in [0.25, 0.3) is 10.1 Å². The van der Waals surface area contributed by atoms with Gasteiger partial charge >= 0.3 is 12.2 Å². The summed E-state index contributed by atoms with van der Waals surface area (Å²) in [5, 5.41) is 19.4. The van der Waals surface area contributed by atoms with E-state index in [0.29, 0.717) is 76.8 Å². The SMILES string of the molecule is N#Cc1ccc(CCNC(=O)C2CCCN2c2cc(N3CCC(CCNC(=O)NCCC(=O)NCCS(=O)(=O)O)CC3)nc(C(F)(F)F)n2)cc1. The van der Waals surface area contributed by atoms with Crippen LogP contribution in [0.5, 0.6) is 0 Å². The van der Waals surface area contributed by atoms with Crippen molar-refractivity contribution in [3.05, 3.63) is 47.3 Å². The quantitative estimate of drug-likeness (QED) is 0.167. The molecule has 0 bridgehead atoms. The minimum Gasteiger partial charge on any atom is -0.356 e. The lowest BCUT2D eigenvalue weighted by molar-refractivity contribution is -0.144. The molecule has 1 atom stereocenters. The summed E-state index contributed by atoms with van der Waals surface area (Å²) in [4.78, 5) is 48.0. The van der Waals surface area contributed by atoms with E-state index in [2.05, 4.69) is 37.3 Å². The van der Waals surface area contributed by atoms with E-state index in [4.69, 9.17) is 9.81 Å². The number of hydrogen-bond acceptors (Lipinski definition) is 10. The van der Waals surface area contributed by atoms with Gasteiger partial charge in [-0.15, -0.1) is 0 Å². The highest BCUT2D eigenvalue weighted by Gasteiger charge is 2.39. The molecule has 4 amide bonds. The van der Waals surface area contributed by atoms with Gasteiger partial charge in [0.1, 0.15) is 17.7 Å². The number of nitrogens with zero attached hydrogens (tertiary/aromatic N) is 5. The number of rotatable bonds is 15. The molecule has 0 spiro atoms. The smallest absolute Gasteiger partial charge is 0.356 e. The van der Waals surface area contributed by atoms with Crippen LogP contribution in [-0.4, -0.2) is 98.4 Å². The van der Waals surface area contributed by atoms with Crippen LogP contribution in [0.1, 0.15) is 55.5 Å². The highest BCUT2D eigenvalue weighted by molar-refractivity contribution is 7.85. The van der Waals surface area contributed by atoms with Crippen LogP contribution < -0.4 is 31.1 Å². The van der Waals surface area contributed by atoms with E-state index >= 15 is 0 Å². The van der Waals surface area contributed by atoms with Gasteiger partial charge in [-0.1, -0.05) is 12.1 Å². The Kier molecular flexibility index (Phi) is 13.8. The predicted octanol–water partition coefficient (Wildman–Crippen LogP) is 1.99. The fourth-order valence-corrected chi connectivity index (χ4v) is 6.33. The lowest BCUT2D eigenvalue weighted by Crippen LogP contribution is -2.44. The van der Waals surface area contributed by atoms with Crippen LogP contribution >= 0.6 is 0 Å². The number of urea groups is 1. The van der Waals surface area contributed by atoms with Crippen molar-refractivity contribution in [3.8, 4) is 6.07 Å². The fourth-order valence-electron chi connectivity index (χ4n) is 5.97. The van der Waals surface area contributed by atoms with Gasteiger partial charge in [0, 0.05) is 58.3 Å². The first kappa shape index (κ1) is 39.1. The number of amides is 4. The molecule has 1 unspecified atom stereocenters. The molecule has 2 aliphatic rings. The van der Waals surface area contributed by atoms with Crippen molar-refractivity contribution in [1.29, 1.82) is 5.26 Å². The molecule has 15 nitrogen and oxygen atoms in total. The first-order valence-corrected chi connectivity index (χ1v) is 18.3. The van der Waals surface area contributed by atoms with E-state index in [9.17, 15) is 36.0 Å². The Balaban J connectivity index is 1.25. The van der Waals surface area contributed by atoms with Crippen molar-refractivity contribution in [2.75, 3.05) is 61.4 Å². The van der Waals surface area contributed by atoms with Crippen LogP contribution in [-0.2, 0) is 32.3 Å². The Morgan fingerprint density at radius 3 is 2.27 bits per heavy atom. The maximum atomic E-state index is 14.0. The number of aromatic nitrogens is 2. The number of nitrogens with one attached hydrogen (secondary N) is 4. The van der Waals surface area contributed by atoms with E-state index in [1.165, 1.54) is 6.07 Å². The maximum absolute atomic E-state index is 14.0. The Labute approximate surface area is 294 Å². The summed E-state index contributed by atoms with van der Waals surface area (Å²) in [6.07, 6.45) is -1.31. The van der Waals surface area contributed by atoms with Crippen molar-refractivity contribution in [1.82, 2.24) is 31.2 Å². The van der Waals surface area contributed by atoms with Gasteiger partial charge in [0.2, 0.25) is 17.6 Å². The minimum absolute atomic E-state index is 0.0193. The number of halogens is 3. The molecule has 2 aromatic rings. The number of carbonyl (C=O) groups is 3. The highest BCUT2D eigenvalue weighted by Crippen LogP contribution is 2.34. The van der Waals surface area contributed by atoms with Crippen molar-refractivity contribution in [3.63, 3.8) is 0 Å². The van der Waals surface area contributed by atoms with E-state index < -0.39 is 45.9 Å². The van der Waals surface area contributed by atoms with Gasteiger partial charge in [-0.25, -0.2) is 14.8 Å². The van der Waals surface area contributed by atoms with Crippen LogP contribution in [0.3, 0.4) is 0 Å². The molecule has 278 valence electrons. The second-order valence-corrected chi connectivity index (χ2v) is 14.0. The summed E-state index contributed by atoms with van der Waals surface area (Å²) < 4.78 is 71.9. The molecule has 4 rings (SSSR count). The van der Waals surface area contributed by atoms with E-state index in [1.807, 2.05) is 12.1 Å². The number of alkyl halides is 3. The molecular weight excluding hydrogens is 695 g/mol. The monoisotopic (exact) mass is 737 g/mol. The summed E-state index contributed by atoms with van der Waals surface area (Å²) in [5.41, 5.74) is 1.47. The van der Waals surface area contributed by atoms with Gasteiger partial charge in [-0.2, -0.15) is 26.9 Å². The summed E-state index contributed by atoms with van der Waals surface area (Å²) >= 11 is 0. The summed E-state index contributed by atoms with van der Waals surface area (Å²) in [5.74, 6) is -2.27. The molecule has 0 aliphatic carbocycles. The number of piperidine rings is 1. The van der Waals surface area contributed by atoms with Crippen molar-refractivity contribution < 1.29 is 40.5 Å². The predicted molar refractivity (Wildman–Crippen MR) is 180 cm³/mol. The first-order chi connectivity index (χ1) is 24.2. The third-order valence-electron chi connectivity index (χ3n) is 8.69. The molecule has 2 fully saturated rings. The van der Waals surface area contributed by atoms with E-state index in [0.717, 1.165) is 5.56 Å². The molecular formula is C32H42F3N9O6S. The number of nitriles is 1. The van der Waals surface area contributed by atoms with Crippen LogP contribution in [0.25, 0.3) is 0 Å². The Hall–Kier alpha value is -4.70. The van der Waals surface area contributed by atoms with E-state index in [-0.39, 0.29) is 43.0 Å².